The van der Waals surface area contributed by atoms with Gasteiger partial charge in [-0.25, -0.2) is 0 Å². The van der Waals surface area contributed by atoms with Gasteiger partial charge in [0.1, 0.15) is 5.76 Å². The van der Waals surface area contributed by atoms with Crippen molar-refractivity contribution in [2.45, 2.75) is 52.1 Å². The summed E-state index contributed by atoms with van der Waals surface area (Å²) < 4.78 is 5.27. The molecule has 1 aromatic rings. The van der Waals surface area contributed by atoms with Crippen molar-refractivity contribution in [2.75, 3.05) is 13.1 Å². The summed E-state index contributed by atoms with van der Waals surface area (Å²) in [5.41, 5.74) is 0. The number of rotatable bonds is 5. The molecule has 1 aromatic heterocycles. The van der Waals surface area contributed by atoms with Gasteiger partial charge in [0.2, 0.25) is 5.91 Å². The number of nitrogens with one attached hydrogen (secondary N) is 1. The second kappa shape index (κ2) is 6.86. The fourth-order valence-electron chi connectivity index (χ4n) is 4.23. The lowest BCUT2D eigenvalue weighted by atomic mass is 9.67. The second-order valence-corrected chi connectivity index (χ2v) is 7.22. The zero-order valence-electron chi connectivity index (χ0n) is 13.8. The van der Waals surface area contributed by atoms with E-state index in [1.54, 1.807) is 6.26 Å². The Hall–Kier alpha value is -1.29. The van der Waals surface area contributed by atoms with E-state index in [0.29, 0.717) is 36.8 Å². The summed E-state index contributed by atoms with van der Waals surface area (Å²) in [6, 6.07) is 4.38. The van der Waals surface area contributed by atoms with Gasteiger partial charge < -0.3 is 14.6 Å². The van der Waals surface area contributed by atoms with Crippen LogP contribution in [0.5, 0.6) is 0 Å². The number of furan rings is 1. The van der Waals surface area contributed by atoms with E-state index in [4.69, 9.17) is 4.42 Å². The van der Waals surface area contributed by atoms with Crippen LogP contribution in [0.2, 0.25) is 0 Å². The van der Waals surface area contributed by atoms with Crippen LogP contribution < -0.4 is 5.32 Å². The molecule has 0 radical (unpaired) electrons. The van der Waals surface area contributed by atoms with Crippen molar-refractivity contribution in [3.63, 3.8) is 0 Å². The summed E-state index contributed by atoms with van der Waals surface area (Å²) in [6.07, 6.45) is 6.24. The first-order chi connectivity index (χ1) is 10.6. The molecule has 122 valence electrons. The minimum absolute atomic E-state index is 0.177. The van der Waals surface area contributed by atoms with Gasteiger partial charge >= 0.3 is 0 Å². The standard InChI is InChI=1S/C18H28N2O2/c1-13(2)20-11-14-5-3-6-15(12-20)17(14)9-18(21)19-10-16-7-4-8-22-16/h4,7-8,13-15,17H,3,5-6,9-12H2,1-2H3,(H,19,21). The van der Waals surface area contributed by atoms with Crippen molar-refractivity contribution in [2.24, 2.45) is 17.8 Å². The number of fused-ring (bicyclic) bond motifs is 2. The van der Waals surface area contributed by atoms with E-state index in [1.807, 2.05) is 12.1 Å². The fourth-order valence-corrected chi connectivity index (χ4v) is 4.23. The number of likely N-dealkylation sites (tertiary alicyclic amines) is 1. The lowest BCUT2D eigenvalue weighted by Gasteiger charge is -2.48. The predicted molar refractivity (Wildman–Crippen MR) is 86.2 cm³/mol. The molecular formula is C18H28N2O2. The first kappa shape index (κ1) is 15.6. The van der Waals surface area contributed by atoms with Crippen LogP contribution in [-0.2, 0) is 11.3 Å². The van der Waals surface area contributed by atoms with Crippen LogP contribution >= 0.6 is 0 Å². The number of piperidine rings is 1. The Morgan fingerprint density at radius 3 is 2.68 bits per heavy atom. The third-order valence-electron chi connectivity index (χ3n) is 5.49. The van der Waals surface area contributed by atoms with E-state index < -0.39 is 0 Å². The number of amides is 1. The minimum Gasteiger partial charge on any atom is -0.467 e. The molecule has 1 amide bonds. The summed E-state index contributed by atoms with van der Waals surface area (Å²) >= 11 is 0. The first-order valence-corrected chi connectivity index (χ1v) is 8.66. The maximum atomic E-state index is 12.3. The van der Waals surface area contributed by atoms with Gasteiger partial charge in [-0.3, -0.25) is 4.79 Å². The smallest absolute Gasteiger partial charge is 0.220 e. The molecule has 2 aliphatic rings. The Morgan fingerprint density at radius 2 is 2.09 bits per heavy atom. The highest BCUT2D eigenvalue weighted by Gasteiger charge is 2.40. The zero-order valence-corrected chi connectivity index (χ0v) is 13.8. The molecule has 2 unspecified atom stereocenters. The van der Waals surface area contributed by atoms with E-state index in [0.717, 1.165) is 5.76 Å². The number of nitrogens with zero attached hydrogens (tertiary/aromatic N) is 1. The van der Waals surface area contributed by atoms with Crippen LogP contribution in [0, 0.1) is 17.8 Å². The SMILES string of the molecule is CC(C)N1CC2CCCC(C1)C2CC(=O)NCc1ccco1. The lowest BCUT2D eigenvalue weighted by Crippen LogP contribution is -2.51. The van der Waals surface area contributed by atoms with Gasteiger partial charge in [0.05, 0.1) is 12.8 Å². The molecule has 4 nitrogen and oxygen atoms in total. The first-order valence-electron chi connectivity index (χ1n) is 8.66. The van der Waals surface area contributed by atoms with Crippen LogP contribution in [0.1, 0.15) is 45.3 Å². The molecule has 22 heavy (non-hydrogen) atoms. The van der Waals surface area contributed by atoms with Gasteiger partial charge in [-0.05, 0) is 56.6 Å². The van der Waals surface area contributed by atoms with Crippen molar-refractivity contribution >= 4 is 5.91 Å². The molecule has 4 heteroatoms. The average Bonchev–Trinajstić information content (AvgIpc) is 2.97. The molecule has 1 saturated carbocycles. The van der Waals surface area contributed by atoms with Gasteiger partial charge in [-0.15, -0.1) is 0 Å². The molecule has 2 bridgehead atoms. The van der Waals surface area contributed by atoms with Crippen LogP contribution in [0.25, 0.3) is 0 Å². The van der Waals surface area contributed by atoms with Gasteiger partial charge in [0.25, 0.3) is 0 Å². The number of hydrogen-bond donors (Lipinski definition) is 1. The molecule has 1 saturated heterocycles. The monoisotopic (exact) mass is 304 g/mol. The van der Waals surface area contributed by atoms with E-state index in [-0.39, 0.29) is 5.91 Å². The summed E-state index contributed by atoms with van der Waals surface area (Å²) in [5, 5.41) is 3.01. The molecule has 1 aliphatic heterocycles. The minimum atomic E-state index is 0.177. The van der Waals surface area contributed by atoms with Gasteiger partial charge in [0.15, 0.2) is 0 Å². The normalized spacial score (nSPS) is 28.8. The summed E-state index contributed by atoms with van der Waals surface area (Å²) in [4.78, 5) is 14.9. The average molecular weight is 304 g/mol. The Morgan fingerprint density at radius 1 is 1.36 bits per heavy atom. The molecule has 0 spiro atoms. The molecule has 0 aromatic carbocycles. The van der Waals surface area contributed by atoms with E-state index >= 15 is 0 Å². The maximum Gasteiger partial charge on any atom is 0.220 e. The highest BCUT2D eigenvalue weighted by molar-refractivity contribution is 5.76. The second-order valence-electron chi connectivity index (χ2n) is 7.22. The fraction of sp³-hybridized carbons (Fsp3) is 0.722. The Bertz CT molecular complexity index is 469. The van der Waals surface area contributed by atoms with Crippen LogP contribution in [0.3, 0.4) is 0 Å². The Labute approximate surface area is 133 Å². The molecule has 1 N–H and O–H groups in total. The highest BCUT2D eigenvalue weighted by Crippen LogP contribution is 2.41. The van der Waals surface area contributed by atoms with E-state index in [1.165, 1.54) is 32.4 Å². The zero-order chi connectivity index (χ0) is 15.5. The van der Waals surface area contributed by atoms with E-state index in [2.05, 4.69) is 24.1 Å². The summed E-state index contributed by atoms with van der Waals surface area (Å²) in [6.45, 7) is 7.42. The Kier molecular flexibility index (Phi) is 4.87. The number of carbonyl (C=O) groups excluding carboxylic acids is 1. The van der Waals surface area contributed by atoms with Crippen LogP contribution in [-0.4, -0.2) is 29.9 Å². The predicted octanol–water partition coefficient (Wildman–Crippen LogP) is 3.04. The quantitative estimate of drug-likeness (QED) is 0.909. The van der Waals surface area contributed by atoms with Crippen molar-refractivity contribution in [1.82, 2.24) is 10.2 Å². The van der Waals surface area contributed by atoms with Crippen LogP contribution in [0.4, 0.5) is 0 Å². The number of hydrogen-bond acceptors (Lipinski definition) is 3. The molecule has 2 fully saturated rings. The molecule has 2 atom stereocenters. The molecule has 1 aliphatic carbocycles. The topological polar surface area (TPSA) is 45.5 Å². The third kappa shape index (κ3) is 3.54. The largest absolute Gasteiger partial charge is 0.467 e. The Balaban J connectivity index is 1.54. The number of carbonyl (C=O) groups is 1. The van der Waals surface area contributed by atoms with Gasteiger partial charge in [0, 0.05) is 25.6 Å². The summed E-state index contributed by atoms with van der Waals surface area (Å²) in [7, 11) is 0. The maximum absolute atomic E-state index is 12.3. The molecular weight excluding hydrogens is 276 g/mol. The lowest BCUT2D eigenvalue weighted by molar-refractivity contribution is -0.124. The van der Waals surface area contributed by atoms with Crippen molar-refractivity contribution in [1.29, 1.82) is 0 Å². The molecule has 2 heterocycles. The van der Waals surface area contributed by atoms with Crippen molar-refractivity contribution in [3.8, 4) is 0 Å². The van der Waals surface area contributed by atoms with Crippen molar-refractivity contribution in [3.05, 3.63) is 24.2 Å². The molecule has 3 rings (SSSR count). The van der Waals surface area contributed by atoms with Crippen molar-refractivity contribution < 1.29 is 9.21 Å². The van der Waals surface area contributed by atoms with E-state index in [9.17, 15) is 4.79 Å². The van der Waals surface area contributed by atoms with Gasteiger partial charge in [-0.1, -0.05) is 6.42 Å². The highest BCUT2D eigenvalue weighted by atomic mass is 16.3. The van der Waals surface area contributed by atoms with Crippen LogP contribution in [0.15, 0.2) is 22.8 Å². The van der Waals surface area contributed by atoms with Gasteiger partial charge in [-0.2, -0.15) is 0 Å². The third-order valence-corrected chi connectivity index (χ3v) is 5.49. The summed E-state index contributed by atoms with van der Waals surface area (Å²) in [5.74, 6) is 2.97.